The summed E-state index contributed by atoms with van der Waals surface area (Å²) in [5.41, 5.74) is 0. The highest BCUT2D eigenvalue weighted by Gasteiger charge is 2.30. The van der Waals surface area contributed by atoms with Gasteiger partial charge in [-0.15, -0.1) is 0 Å². The number of allylic oxidation sites excluding steroid dienone is 7. The maximum Gasteiger partial charge on any atom is 0.472 e. The topological polar surface area (TPSA) is 111 Å². The average molecular weight is 1060 g/mol. The zero-order valence-electron chi connectivity index (χ0n) is 49.6. The monoisotopic (exact) mass is 1060 g/mol. The second-order valence-electron chi connectivity index (χ2n) is 22.5. The van der Waals surface area contributed by atoms with E-state index in [9.17, 15) is 19.0 Å². The second-order valence-corrected chi connectivity index (χ2v) is 24.0. The highest BCUT2D eigenvalue weighted by atomic mass is 31.2. The first-order chi connectivity index (χ1) is 35.9. The second kappa shape index (κ2) is 54.3. The van der Waals surface area contributed by atoms with Gasteiger partial charge in [-0.05, 0) is 83.1 Å². The largest absolute Gasteiger partial charge is 0.472 e. The van der Waals surface area contributed by atoms with Crippen LogP contribution in [0.2, 0.25) is 0 Å². The van der Waals surface area contributed by atoms with Gasteiger partial charge in [0.05, 0.1) is 33.8 Å². The Balaban J connectivity index is 5.22. The van der Waals surface area contributed by atoms with Crippen molar-refractivity contribution < 1.29 is 37.3 Å². The zero-order chi connectivity index (χ0) is 54.3. The number of phosphoric ester groups is 1. The van der Waals surface area contributed by atoms with Gasteiger partial charge in [-0.25, -0.2) is 4.57 Å². The van der Waals surface area contributed by atoms with Crippen molar-refractivity contribution in [3.05, 3.63) is 48.6 Å². The molecule has 0 saturated carbocycles. The molecule has 0 aromatic carbocycles. The van der Waals surface area contributed by atoms with Gasteiger partial charge in [0.25, 0.3) is 0 Å². The van der Waals surface area contributed by atoms with Crippen LogP contribution in [0.1, 0.15) is 297 Å². The van der Waals surface area contributed by atoms with Crippen molar-refractivity contribution in [1.29, 1.82) is 0 Å². The van der Waals surface area contributed by atoms with Crippen molar-refractivity contribution in [2.24, 2.45) is 0 Å². The van der Waals surface area contributed by atoms with Crippen LogP contribution in [0.5, 0.6) is 0 Å². The fourth-order valence-corrected chi connectivity index (χ4v) is 9.89. The summed E-state index contributed by atoms with van der Waals surface area (Å²) in [6.45, 7) is 6.92. The molecule has 0 bridgehead atoms. The van der Waals surface area contributed by atoms with Crippen LogP contribution in [0, 0.1) is 0 Å². The van der Waals surface area contributed by atoms with Crippen LogP contribution in [-0.2, 0) is 27.9 Å². The molecule has 0 heterocycles. The first-order valence-electron chi connectivity index (χ1n) is 31.5. The lowest BCUT2D eigenvalue weighted by Crippen LogP contribution is -2.47. The number of nitrogens with one attached hydrogen (secondary N) is 1. The van der Waals surface area contributed by atoms with E-state index in [2.05, 4.69) is 62.5 Å². The number of carbonyl (C=O) groups is 2. The molecule has 2 N–H and O–H groups in total. The first kappa shape index (κ1) is 72.0. The molecule has 434 valence electrons. The number of esters is 1. The third-order valence-corrected chi connectivity index (χ3v) is 15.0. The molecule has 0 aromatic heterocycles. The minimum atomic E-state index is -4.45. The Morgan fingerprint density at radius 3 is 1.30 bits per heavy atom. The predicted octanol–water partition coefficient (Wildman–Crippen LogP) is 19.3. The number of ether oxygens (including phenoxy) is 1. The SMILES string of the molecule is CC/C=C/C/C=C/CCCCCCCCCC(=O)NC(COP(=O)(O)OCC[N+](C)(C)C)C(/C=C\CCCCCCCCCCCCC)OC(=O)CCCCCCCCCCCCC/C=C/CCCCCCCC. The summed E-state index contributed by atoms with van der Waals surface area (Å²) in [7, 11) is 1.50. The lowest BCUT2D eigenvalue weighted by Gasteiger charge is -2.27. The molecule has 0 aliphatic carbocycles. The molecule has 0 radical (unpaired) electrons. The molecule has 74 heavy (non-hydrogen) atoms. The van der Waals surface area contributed by atoms with E-state index in [4.69, 9.17) is 13.8 Å². The molecule has 9 nitrogen and oxygen atoms in total. The van der Waals surface area contributed by atoms with Crippen molar-refractivity contribution in [1.82, 2.24) is 5.32 Å². The minimum absolute atomic E-state index is 0.0389. The van der Waals surface area contributed by atoms with Gasteiger partial charge in [0, 0.05) is 12.8 Å². The average Bonchev–Trinajstić information content (AvgIpc) is 3.36. The lowest BCUT2D eigenvalue weighted by molar-refractivity contribution is -0.870. The van der Waals surface area contributed by atoms with Crippen molar-refractivity contribution in [3.63, 3.8) is 0 Å². The van der Waals surface area contributed by atoms with E-state index in [0.29, 0.717) is 23.9 Å². The van der Waals surface area contributed by atoms with Crippen LogP contribution in [-0.4, -0.2) is 74.3 Å². The fourth-order valence-electron chi connectivity index (χ4n) is 9.15. The highest BCUT2D eigenvalue weighted by Crippen LogP contribution is 2.43. The molecule has 3 atom stereocenters. The quantitative estimate of drug-likeness (QED) is 0.0205. The predicted molar refractivity (Wildman–Crippen MR) is 319 cm³/mol. The number of unbranched alkanes of at least 4 members (excludes halogenated alkanes) is 35. The summed E-state index contributed by atoms with van der Waals surface area (Å²) in [4.78, 5) is 37.7. The smallest absolute Gasteiger partial charge is 0.456 e. The molecule has 10 heteroatoms. The number of rotatable bonds is 57. The van der Waals surface area contributed by atoms with Crippen LogP contribution in [0.3, 0.4) is 0 Å². The van der Waals surface area contributed by atoms with E-state index in [1.165, 1.54) is 180 Å². The van der Waals surface area contributed by atoms with Crippen molar-refractivity contribution >= 4 is 19.7 Å². The summed E-state index contributed by atoms with van der Waals surface area (Å²) in [6.07, 6.45) is 66.8. The molecule has 0 rings (SSSR count). The Hall–Kier alpha value is -2.03. The Labute approximate surface area is 458 Å². The Morgan fingerprint density at radius 1 is 0.486 bits per heavy atom. The molecular weight excluding hydrogens is 940 g/mol. The molecule has 3 unspecified atom stereocenters. The third-order valence-electron chi connectivity index (χ3n) is 14.0. The Bertz CT molecular complexity index is 1410. The normalized spacial score (nSPS) is 14.0. The van der Waals surface area contributed by atoms with Gasteiger partial charge >= 0.3 is 13.8 Å². The van der Waals surface area contributed by atoms with Gasteiger partial charge in [0.2, 0.25) is 5.91 Å². The summed E-state index contributed by atoms with van der Waals surface area (Å²) < 4.78 is 30.7. The summed E-state index contributed by atoms with van der Waals surface area (Å²) in [5.74, 6) is -0.507. The Kier molecular flexibility index (Phi) is 52.8. The molecule has 1 amide bonds. The maximum atomic E-state index is 13.5. The molecule has 0 fully saturated rings. The molecule has 0 saturated heterocycles. The van der Waals surface area contributed by atoms with Crippen molar-refractivity contribution in [2.75, 3.05) is 40.9 Å². The van der Waals surface area contributed by atoms with Gasteiger partial charge < -0.3 is 19.4 Å². The van der Waals surface area contributed by atoms with Gasteiger partial charge in [0.15, 0.2) is 0 Å². The molecule has 0 aliphatic rings. The minimum Gasteiger partial charge on any atom is -0.456 e. The van der Waals surface area contributed by atoms with Crippen LogP contribution in [0.15, 0.2) is 48.6 Å². The van der Waals surface area contributed by atoms with Crippen molar-refractivity contribution in [2.45, 2.75) is 309 Å². The molecular formula is C64H122N2O7P+. The van der Waals surface area contributed by atoms with Crippen LogP contribution < -0.4 is 5.32 Å². The Morgan fingerprint density at radius 2 is 0.865 bits per heavy atom. The van der Waals surface area contributed by atoms with E-state index in [1.54, 1.807) is 0 Å². The van der Waals surface area contributed by atoms with E-state index in [1.807, 2.05) is 33.3 Å². The van der Waals surface area contributed by atoms with E-state index >= 15 is 0 Å². The van der Waals surface area contributed by atoms with Gasteiger partial charge in [-0.3, -0.25) is 18.6 Å². The van der Waals surface area contributed by atoms with Crippen molar-refractivity contribution in [3.8, 4) is 0 Å². The number of amides is 1. The van der Waals surface area contributed by atoms with E-state index in [0.717, 1.165) is 83.5 Å². The van der Waals surface area contributed by atoms with Gasteiger partial charge in [0.1, 0.15) is 19.3 Å². The van der Waals surface area contributed by atoms with Gasteiger partial charge in [-0.2, -0.15) is 0 Å². The van der Waals surface area contributed by atoms with Crippen LogP contribution in [0.4, 0.5) is 0 Å². The number of nitrogens with zero attached hydrogens (tertiary/aromatic N) is 1. The summed E-state index contributed by atoms with van der Waals surface area (Å²) in [5, 5.41) is 3.05. The zero-order valence-corrected chi connectivity index (χ0v) is 50.5. The molecule has 0 spiro atoms. The number of phosphoric acid groups is 1. The number of hydrogen-bond donors (Lipinski definition) is 2. The lowest BCUT2D eigenvalue weighted by atomic mass is 10.0. The summed E-state index contributed by atoms with van der Waals surface area (Å²) >= 11 is 0. The third kappa shape index (κ3) is 54.7. The summed E-state index contributed by atoms with van der Waals surface area (Å²) in [6, 6.07) is -0.851. The molecule has 0 aliphatic heterocycles. The maximum absolute atomic E-state index is 13.5. The first-order valence-corrected chi connectivity index (χ1v) is 33.0. The highest BCUT2D eigenvalue weighted by molar-refractivity contribution is 7.47. The van der Waals surface area contributed by atoms with E-state index in [-0.39, 0.29) is 25.1 Å². The molecule has 0 aromatic rings. The number of hydrogen-bond acceptors (Lipinski definition) is 6. The van der Waals surface area contributed by atoms with E-state index < -0.39 is 20.0 Å². The van der Waals surface area contributed by atoms with Crippen LogP contribution in [0.25, 0.3) is 0 Å². The fraction of sp³-hybridized carbons (Fsp3) is 0.844. The number of carbonyl (C=O) groups excluding carboxylic acids is 2. The number of quaternary nitrogens is 1. The van der Waals surface area contributed by atoms with Crippen LogP contribution >= 0.6 is 7.82 Å². The van der Waals surface area contributed by atoms with Gasteiger partial charge in [-0.1, -0.05) is 250 Å². The standard InChI is InChI=1S/C64H121N2O7P/c1-7-10-13-16-19-22-25-28-30-31-32-33-34-35-36-39-42-45-48-51-54-57-64(68)73-62(55-52-49-46-43-40-37-27-24-21-18-15-12-9-3)61(60-72-74(69,70)71-59-58-66(4,5)6)65-63(67)56-53-50-47-44-41-38-29-26-23-20-17-14-11-8-2/h11,14,20,23,28,30,52,55,61-62H,7-10,12-13,15-19,21-22,24-27,29,31-51,53-54,56-60H2,1-6H3,(H-,65,67,69,70)/p+1/b14-11+,23-20+,30-28+,55-52-. The number of likely N-dealkylation sites (N-methyl/N-ethyl adjacent to an activating group) is 1.